The van der Waals surface area contributed by atoms with E-state index in [0.717, 1.165) is 16.9 Å². The maximum atomic E-state index is 12.7. The standard InChI is InChI=1S/C27H26N4O4S/c1-19-12-14-21(15-13-19)35-17-24-29-30-27(31(24)16-20-8-4-3-5-9-20)36-18-25(32)28-23-11-7-6-10-22(23)26(33)34-2/h3-15H,16-18H2,1-2H3,(H,28,32). The molecule has 0 saturated heterocycles. The van der Waals surface area contributed by atoms with Crippen LogP contribution in [0.15, 0.2) is 84.0 Å². The summed E-state index contributed by atoms with van der Waals surface area (Å²) in [7, 11) is 1.30. The van der Waals surface area contributed by atoms with Gasteiger partial charge in [-0.3, -0.25) is 9.36 Å². The highest BCUT2D eigenvalue weighted by Crippen LogP contribution is 2.22. The number of nitrogens with one attached hydrogen (secondary N) is 1. The highest BCUT2D eigenvalue weighted by atomic mass is 32.2. The molecule has 36 heavy (non-hydrogen) atoms. The Balaban J connectivity index is 1.47. The minimum absolute atomic E-state index is 0.0846. The topological polar surface area (TPSA) is 95.3 Å². The van der Waals surface area contributed by atoms with Crippen LogP contribution < -0.4 is 10.1 Å². The number of esters is 1. The Labute approximate surface area is 213 Å². The largest absolute Gasteiger partial charge is 0.486 e. The fourth-order valence-corrected chi connectivity index (χ4v) is 4.19. The van der Waals surface area contributed by atoms with Crippen LogP contribution in [0.25, 0.3) is 0 Å². The number of methoxy groups -OCH3 is 1. The monoisotopic (exact) mass is 502 g/mol. The molecule has 9 heteroatoms. The summed E-state index contributed by atoms with van der Waals surface area (Å²) in [5.74, 6) is 0.690. The molecule has 3 aromatic carbocycles. The molecule has 0 aliphatic rings. The summed E-state index contributed by atoms with van der Waals surface area (Å²) in [5.41, 5.74) is 2.92. The van der Waals surface area contributed by atoms with Gasteiger partial charge in [-0.25, -0.2) is 4.79 Å². The maximum absolute atomic E-state index is 12.7. The van der Waals surface area contributed by atoms with E-state index < -0.39 is 5.97 Å². The molecular formula is C27H26N4O4S. The molecule has 4 rings (SSSR count). The second-order valence-electron chi connectivity index (χ2n) is 7.95. The smallest absolute Gasteiger partial charge is 0.339 e. The number of thioether (sulfide) groups is 1. The van der Waals surface area contributed by atoms with E-state index in [1.807, 2.05) is 66.1 Å². The lowest BCUT2D eigenvalue weighted by Crippen LogP contribution is -2.17. The van der Waals surface area contributed by atoms with E-state index in [1.54, 1.807) is 24.3 Å². The van der Waals surface area contributed by atoms with Gasteiger partial charge in [-0.15, -0.1) is 10.2 Å². The van der Waals surface area contributed by atoms with Crippen molar-refractivity contribution >= 4 is 29.3 Å². The fraction of sp³-hybridized carbons (Fsp3) is 0.185. The van der Waals surface area contributed by atoms with Crippen LogP contribution in [0, 0.1) is 6.92 Å². The number of amides is 1. The summed E-state index contributed by atoms with van der Waals surface area (Å²) >= 11 is 1.26. The number of aryl methyl sites for hydroxylation is 1. The van der Waals surface area contributed by atoms with Gasteiger partial charge in [0.05, 0.1) is 30.7 Å². The Bertz CT molecular complexity index is 1320. The Morgan fingerprint density at radius 1 is 0.944 bits per heavy atom. The number of nitrogens with zero attached hydrogens (tertiary/aromatic N) is 3. The van der Waals surface area contributed by atoms with Crippen LogP contribution in [0.5, 0.6) is 5.75 Å². The number of hydrogen-bond acceptors (Lipinski definition) is 7. The highest BCUT2D eigenvalue weighted by molar-refractivity contribution is 7.99. The van der Waals surface area contributed by atoms with Gasteiger partial charge in [-0.2, -0.15) is 0 Å². The number of carbonyl (C=O) groups excluding carboxylic acids is 2. The van der Waals surface area contributed by atoms with Crippen molar-refractivity contribution < 1.29 is 19.1 Å². The van der Waals surface area contributed by atoms with Crippen molar-refractivity contribution in [1.82, 2.24) is 14.8 Å². The van der Waals surface area contributed by atoms with Crippen molar-refractivity contribution in [3.05, 3.63) is 101 Å². The van der Waals surface area contributed by atoms with Crippen LogP contribution in [0.1, 0.15) is 27.3 Å². The van der Waals surface area contributed by atoms with E-state index in [-0.39, 0.29) is 18.3 Å². The van der Waals surface area contributed by atoms with Crippen LogP contribution in [-0.4, -0.2) is 39.5 Å². The first-order valence-electron chi connectivity index (χ1n) is 11.3. The molecule has 0 unspecified atom stereocenters. The fourth-order valence-electron chi connectivity index (χ4n) is 3.44. The maximum Gasteiger partial charge on any atom is 0.339 e. The molecule has 0 bridgehead atoms. The summed E-state index contributed by atoms with van der Waals surface area (Å²) in [6.45, 7) is 2.80. The van der Waals surface area contributed by atoms with E-state index in [9.17, 15) is 9.59 Å². The average Bonchev–Trinajstić information content (AvgIpc) is 3.28. The van der Waals surface area contributed by atoms with E-state index in [2.05, 4.69) is 15.5 Å². The van der Waals surface area contributed by atoms with Crippen molar-refractivity contribution in [2.75, 3.05) is 18.2 Å². The molecule has 184 valence electrons. The third kappa shape index (κ3) is 6.51. The summed E-state index contributed by atoms with van der Waals surface area (Å²) in [4.78, 5) is 24.7. The lowest BCUT2D eigenvalue weighted by Gasteiger charge is -2.12. The second-order valence-corrected chi connectivity index (χ2v) is 8.89. The van der Waals surface area contributed by atoms with Crippen molar-refractivity contribution in [3.8, 4) is 5.75 Å². The van der Waals surface area contributed by atoms with E-state index in [1.165, 1.54) is 18.9 Å². The van der Waals surface area contributed by atoms with Gasteiger partial charge in [-0.05, 0) is 36.8 Å². The van der Waals surface area contributed by atoms with Gasteiger partial charge in [0.15, 0.2) is 11.0 Å². The number of ether oxygens (including phenoxy) is 2. The lowest BCUT2D eigenvalue weighted by atomic mass is 10.2. The average molecular weight is 503 g/mol. The molecule has 4 aromatic rings. The molecule has 0 radical (unpaired) electrons. The van der Waals surface area contributed by atoms with Gasteiger partial charge >= 0.3 is 5.97 Å². The summed E-state index contributed by atoms with van der Waals surface area (Å²) in [5, 5.41) is 12.0. The number of carbonyl (C=O) groups is 2. The zero-order chi connectivity index (χ0) is 25.3. The molecule has 1 aromatic heterocycles. The zero-order valence-electron chi connectivity index (χ0n) is 20.0. The Hall–Kier alpha value is -4.11. The minimum atomic E-state index is -0.514. The summed E-state index contributed by atoms with van der Waals surface area (Å²) in [6.07, 6.45) is 0. The van der Waals surface area contributed by atoms with Gasteiger partial charge < -0.3 is 14.8 Å². The molecule has 0 spiro atoms. The molecule has 0 fully saturated rings. The predicted molar refractivity (Wildman–Crippen MR) is 138 cm³/mol. The normalized spacial score (nSPS) is 10.6. The van der Waals surface area contributed by atoms with Gasteiger partial charge in [0, 0.05) is 0 Å². The van der Waals surface area contributed by atoms with Crippen molar-refractivity contribution in [2.45, 2.75) is 25.2 Å². The van der Waals surface area contributed by atoms with Gasteiger partial charge in [0.25, 0.3) is 0 Å². The molecule has 1 N–H and O–H groups in total. The number of anilines is 1. The van der Waals surface area contributed by atoms with Crippen molar-refractivity contribution in [3.63, 3.8) is 0 Å². The third-order valence-corrected chi connectivity index (χ3v) is 6.27. The first-order chi connectivity index (χ1) is 17.5. The molecule has 1 heterocycles. The minimum Gasteiger partial charge on any atom is -0.486 e. The Morgan fingerprint density at radius 2 is 1.67 bits per heavy atom. The molecule has 0 aliphatic heterocycles. The van der Waals surface area contributed by atoms with E-state index in [4.69, 9.17) is 9.47 Å². The number of para-hydroxylation sites is 1. The molecule has 0 aliphatic carbocycles. The first-order valence-corrected chi connectivity index (χ1v) is 12.3. The first kappa shape index (κ1) is 25.0. The Morgan fingerprint density at radius 3 is 2.42 bits per heavy atom. The van der Waals surface area contributed by atoms with Crippen molar-refractivity contribution in [2.24, 2.45) is 0 Å². The van der Waals surface area contributed by atoms with Crippen molar-refractivity contribution in [1.29, 1.82) is 0 Å². The number of rotatable bonds is 10. The zero-order valence-corrected chi connectivity index (χ0v) is 20.8. The number of benzene rings is 3. The third-order valence-electron chi connectivity index (χ3n) is 5.30. The molecule has 0 saturated carbocycles. The molecule has 1 amide bonds. The quantitative estimate of drug-likeness (QED) is 0.247. The van der Waals surface area contributed by atoms with E-state index in [0.29, 0.717) is 28.8 Å². The van der Waals surface area contributed by atoms with Gasteiger partial charge in [0.1, 0.15) is 12.4 Å². The van der Waals surface area contributed by atoms with Crippen LogP contribution in [0.4, 0.5) is 5.69 Å². The second kappa shape index (κ2) is 12.0. The number of hydrogen-bond donors (Lipinski definition) is 1. The molecule has 8 nitrogen and oxygen atoms in total. The summed E-state index contributed by atoms with van der Waals surface area (Å²) in [6, 6.07) is 24.5. The molecular weight excluding hydrogens is 476 g/mol. The summed E-state index contributed by atoms with van der Waals surface area (Å²) < 4.78 is 12.7. The number of aromatic nitrogens is 3. The van der Waals surface area contributed by atoms with Crippen LogP contribution >= 0.6 is 11.8 Å². The van der Waals surface area contributed by atoms with Gasteiger partial charge in [0.2, 0.25) is 5.91 Å². The Kier molecular flexibility index (Phi) is 8.36. The molecule has 0 atom stereocenters. The van der Waals surface area contributed by atoms with E-state index >= 15 is 0 Å². The van der Waals surface area contributed by atoms with Gasteiger partial charge in [-0.1, -0.05) is 71.9 Å². The predicted octanol–water partition coefficient (Wildman–Crippen LogP) is 4.73. The lowest BCUT2D eigenvalue weighted by molar-refractivity contribution is -0.113. The van der Waals surface area contributed by atoms with Crippen LogP contribution in [0.2, 0.25) is 0 Å². The van der Waals surface area contributed by atoms with Crippen LogP contribution in [-0.2, 0) is 22.7 Å². The van der Waals surface area contributed by atoms with Crippen LogP contribution in [0.3, 0.4) is 0 Å². The SMILES string of the molecule is COC(=O)c1ccccc1NC(=O)CSc1nnc(COc2ccc(C)cc2)n1Cc1ccccc1. The highest BCUT2D eigenvalue weighted by Gasteiger charge is 2.17.